The molecule has 0 aliphatic carbocycles. The Hall–Kier alpha value is -2.19. The molecule has 0 unspecified atom stereocenters. The molecule has 1 aromatic carbocycles. The third-order valence-corrected chi connectivity index (χ3v) is 2.80. The van der Waals surface area contributed by atoms with Gasteiger partial charge in [0.15, 0.2) is 0 Å². The second kappa shape index (κ2) is 5.21. The van der Waals surface area contributed by atoms with E-state index in [1.54, 1.807) is 6.07 Å². The van der Waals surface area contributed by atoms with Crippen molar-refractivity contribution in [2.45, 2.75) is 5.60 Å². The largest absolute Gasteiger partial charge is 0.385 e. The molecule has 0 bridgehead atoms. The Morgan fingerprint density at radius 1 is 1.53 bits per heavy atom. The minimum atomic E-state index is -0.903. The second-order valence-corrected chi connectivity index (χ2v) is 4.44. The van der Waals surface area contributed by atoms with Crippen LogP contribution < -0.4 is 16.0 Å². The molecule has 1 heterocycles. The van der Waals surface area contributed by atoms with Crippen molar-refractivity contribution < 1.29 is 14.8 Å². The van der Waals surface area contributed by atoms with Crippen LogP contribution in [0.3, 0.4) is 0 Å². The Bertz CT molecular complexity index is 501. The van der Waals surface area contributed by atoms with Crippen LogP contribution in [0.4, 0.5) is 16.2 Å². The van der Waals surface area contributed by atoms with Crippen molar-refractivity contribution in [1.29, 1.82) is 0 Å². The van der Waals surface area contributed by atoms with Crippen molar-refractivity contribution in [3.63, 3.8) is 0 Å². The lowest BCUT2D eigenvalue weighted by Gasteiger charge is -2.37. The molecule has 0 aromatic heterocycles. The van der Waals surface area contributed by atoms with Gasteiger partial charge in [-0.15, -0.1) is 0 Å². The van der Waals surface area contributed by atoms with Gasteiger partial charge in [-0.3, -0.25) is 10.1 Å². The van der Waals surface area contributed by atoms with E-state index in [2.05, 4.69) is 16.0 Å². The molecule has 8 heteroatoms. The molecule has 1 aliphatic heterocycles. The van der Waals surface area contributed by atoms with E-state index in [1.807, 2.05) is 0 Å². The van der Waals surface area contributed by atoms with Crippen LogP contribution in [0.5, 0.6) is 0 Å². The molecule has 0 atom stereocenters. The molecular formula is C11H14N4O4. The van der Waals surface area contributed by atoms with Crippen LogP contribution in [0.15, 0.2) is 24.3 Å². The summed E-state index contributed by atoms with van der Waals surface area (Å²) in [4.78, 5) is 21.6. The van der Waals surface area contributed by atoms with Gasteiger partial charge in [-0.1, -0.05) is 6.07 Å². The van der Waals surface area contributed by atoms with Crippen molar-refractivity contribution in [2.75, 3.05) is 25.0 Å². The normalized spacial score (nSPS) is 16.3. The Balaban J connectivity index is 1.88. The molecule has 0 saturated carbocycles. The van der Waals surface area contributed by atoms with E-state index in [0.717, 1.165) is 0 Å². The van der Waals surface area contributed by atoms with Crippen molar-refractivity contribution in [2.24, 2.45) is 0 Å². The molecule has 1 saturated heterocycles. The van der Waals surface area contributed by atoms with Crippen molar-refractivity contribution >= 4 is 17.4 Å². The van der Waals surface area contributed by atoms with E-state index in [-0.39, 0.29) is 12.2 Å². The number of hydrogen-bond acceptors (Lipinski definition) is 5. The maximum Gasteiger partial charge on any atom is 0.319 e. The highest BCUT2D eigenvalue weighted by Crippen LogP contribution is 2.16. The van der Waals surface area contributed by atoms with Gasteiger partial charge in [0.2, 0.25) is 0 Å². The number of carbonyl (C=O) groups is 1. The molecule has 0 radical (unpaired) electrons. The number of urea groups is 1. The Morgan fingerprint density at radius 2 is 2.26 bits per heavy atom. The fourth-order valence-corrected chi connectivity index (χ4v) is 1.66. The molecule has 1 aromatic rings. The number of aliphatic hydroxyl groups is 1. The summed E-state index contributed by atoms with van der Waals surface area (Å²) in [6.45, 7) is 0.995. The zero-order valence-electron chi connectivity index (χ0n) is 10.0. The Labute approximate surface area is 109 Å². The lowest BCUT2D eigenvalue weighted by molar-refractivity contribution is -0.384. The molecule has 102 valence electrons. The minimum absolute atomic E-state index is 0.0976. The number of nitrogens with zero attached hydrogens (tertiary/aromatic N) is 1. The van der Waals surface area contributed by atoms with Crippen LogP contribution in [-0.4, -0.2) is 41.3 Å². The van der Waals surface area contributed by atoms with Gasteiger partial charge in [-0.2, -0.15) is 0 Å². The van der Waals surface area contributed by atoms with Crippen LogP contribution >= 0.6 is 0 Å². The van der Waals surface area contributed by atoms with E-state index in [4.69, 9.17) is 0 Å². The minimum Gasteiger partial charge on any atom is -0.385 e. The van der Waals surface area contributed by atoms with Crippen LogP contribution in [0.25, 0.3) is 0 Å². The smallest absolute Gasteiger partial charge is 0.319 e. The molecule has 0 spiro atoms. The quantitative estimate of drug-likeness (QED) is 0.454. The summed E-state index contributed by atoms with van der Waals surface area (Å²) in [5.74, 6) is 0. The fraction of sp³-hybridized carbons (Fsp3) is 0.364. The zero-order valence-corrected chi connectivity index (χ0v) is 10.0. The maximum absolute atomic E-state index is 11.6. The number of rotatable bonds is 4. The Kier molecular flexibility index (Phi) is 3.63. The lowest BCUT2D eigenvalue weighted by Crippen LogP contribution is -2.64. The highest BCUT2D eigenvalue weighted by atomic mass is 16.6. The van der Waals surface area contributed by atoms with Gasteiger partial charge < -0.3 is 21.1 Å². The number of nitrogens with one attached hydrogen (secondary N) is 3. The molecule has 1 fully saturated rings. The van der Waals surface area contributed by atoms with E-state index < -0.39 is 16.6 Å². The van der Waals surface area contributed by atoms with Gasteiger partial charge in [-0.25, -0.2) is 4.79 Å². The summed E-state index contributed by atoms with van der Waals surface area (Å²) in [7, 11) is 0. The highest BCUT2D eigenvalue weighted by Gasteiger charge is 2.34. The van der Waals surface area contributed by atoms with Crippen molar-refractivity contribution in [3.8, 4) is 0 Å². The number of non-ortho nitro benzene ring substituents is 1. The monoisotopic (exact) mass is 266 g/mol. The summed E-state index contributed by atoms with van der Waals surface area (Å²) >= 11 is 0. The third kappa shape index (κ3) is 3.39. The van der Waals surface area contributed by atoms with Crippen LogP contribution in [0, 0.1) is 10.1 Å². The first-order valence-electron chi connectivity index (χ1n) is 5.71. The van der Waals surface area contributed by atoms with Gasteiger partial charge in [0, 0.05) is 30.9 Å². The van der Waals surface area contributed by atoms with Crippen molar-refractivity contribution in [1.82, 2.24) is 10.6 Å². The summed E-state index contributed by atoms with van der Waals surface area (Å²) in [6.07, 6.45) is 0. The first kappa shape index (κ1) is 13.2. The predicted octanol–water partition coefficient (Wildman–Crippen LogP) is 0.0506. The molecule has 1 aliphatic rings. The van der Waals surface area contributed by atoms with Gasteiger partial charge in [0.25, 0.3) is 5.69 Å². The SMILES string of the molecule is O=C(NCC1(O)CNC1)Nc1cccc([N+](=O)[O-])c1. The van der Waals surface area contributed by atoms with E-state index in [9.17, 15) is 20.0 Å². The van der Waals surface area contributed by atoms with Gasteiger partial charge in [0.05, 0.1) is 11.5 Å². The third-order valence-electron chi connectivity index (χ3n) is 2.80. The maximum atomic E-state index is 11.6. The van der Waals surface area contributed by atoms with Crippen LogP contribution in [0.1, 0.15) is 0 Å². The number of nitro groups is 1. The van der Waals surface area contributed by atoms with Crippen molar-refractivity contribution in [3.05, 3.63) is 34.4 Å². The van der Waals surface area contributed by atoms with Gasteiger partial charge in [0.1, 0.15) is 5.60 Å². The standard InChI is InChI=1S/C11H14N4O4/c16-10(13-7-11(17)5-12-6-11)14-8-2-1-3-9(4-8)15(18)19/h1-4,12,17H,5-7H2,(H2,13,14,16). The number of anilines is 1. The summed E-state index contributed by atoms with van der Waals surface area (Å²) in [5.41, 5.74) is -0.676. The highest BCUT2D eigenvalue weighted by molar-refractivity contribution is 5.89. The number of nitro benzene ring substituents is 1. The topological polar surface area (TPSA) is 117 Å². The summed E-state index contributed by atoms with van der Waals surface area (Å²) in [6, 6.07) is 5.12. The second-order valence-electron chi connectivity index (χ2n) is 4.44. The first-order chi connectivity index (χ1) is 8.98. The average Bonchev–Trinajstić information content (AvgIpc) is 2.34. The zero-order chi connectivity index (χ0) is 13.9. The number of hydrogen-bond donors (Lipinski definition) is 4. The van der Waals surface area contributed by atoms with Gasteiger partial charge in [-0.05, 0) is 6.07 Å². The molecular weight excluding hydrogens is 252 g/mol. The van der Waals surface area contributed by atoms with E-state index in [0.29, 0.717) is 18.8 Å². The molecule has 19 heavy (non-hydrogen) atoms. The average molecular weight is 266 g/mol. The molecule has 8 nitrogen and oxygen atoms in total. The molecule has 2 rings (SSSR count). The number of carbonyl (C=O) groups excluding carboxylic acids is 1. The predicted molar refractivity (Wildman–Crippen MR) is 67.9 cm³/mol. The number of benzene rings is 1. The van der Waals surface area contributed by atoms with Gasteiger partial charge >= 0.3 is 6.03 Å². The molecule has 4 N–H and O–H groups in total. The lowest BCUT2D eigenvalue weighted by atomic mass is 9.98. The van der Waals surface area contributed by atoms with E-state index in [1.165, 1.54) is 18.2 Å². The summed E-state index contributed by atoms with van der Waals surface area (Å²) < 4.78 is 0. The van der Waals surface area contributed by atoms with Crippen LogP contribution in [-0.2, 0) is 0 Å². The first-order valence-corrected chi connectivity index (χ1v) is 5.71. The Morgan fingerprint density at radius 3 is 2.84 bits per heavy atom. The van der Waals surface area contributed by atoms with Crippen LogP contribution in [0.2, 0.25) is 0 Å². The number of amides is 2. The molecule has 2 amide bonds. The summed E-state index contributed by atoms with van der Waals surface area (Å²) in [5, 5.41) is 28.2. The van der Waals surface area contributed by atoms with E-state index >= 15 is 0 Å². The fourth-order valence-electron chi connectivity index (χ4n) is 1.66. The number of β-amino-alcohol motifs (C(OH)–C–C–N with tert-alkyl or cyclic N) is 1.